The number of nitrogens with one attached hydrogen (secondary N) is 1. The quantitative estimate of drug-likeness (QED) is 0.444. The molecule has 0 aliphatic heterocycles. The molecule has 0 saturated carbocycles. The topological polar surface area (TPSA) is 92.4 Å². The van der Waals surface area contributed by atoms with Gasteiger partial charge in [-0.25, -0.2) is 4.79 Å². The molecule has 2 heterocycles. The van der Waals surface area contributed by atoms with Gasteiger partial charge in [-0.15, -0.1) is 0 Å². The average molecular weight is 440 g/mol. The van der Waals surface area contributed by atoms with Crippen LogP contribution >= 0.6 is 11.6 Å². The maximum atomic E-state index is 13.3. The molecule has 160 valence electrons. The molecule has 7 nitrogen and oxygen atoms in total. The molecule has 3 rings (SSSR count). The third-order valence-electron chi connectivity index (χ3n) is 4.93. The molecular formula is C23H22ClN3O4. The number of amides is 1. The SMILES string of the molecule is COC(=O)c1[nH]c(C)c(C(=O)CN(Cc2cccnc2)C(=O)c2ccccc2Cl)c1C. The van der Waals surface area contributed by atoms with E-state index in [2.05, 4.69) is 9.97 Å². The highest BCUT2D eigenvalue weighted by molar-refractivity contribution is 6.33. The molecule has 0 aliphatic rings. The van der Waals surface area contributed by atoms with Crippen LogP contribution in [0, 0.1) is 13.8 Å². The average Bonchev–Trinajstić information content (AvgIpc) is 3.07. The number of pyridine rings is 1. The lowest BCUT2D eigenvalue weighted by atomic mass is 10.0. The van der Waals surface area contributed by atoms with Crippen LogP contribution in [0.5, 0.6) is 0 Å². The number of rotatable bonds is 7. The van der Waals surface area contributed by atoms with E-state index in [1.807, 2.05) is 6.07 Å². The Hall–Kier alpha value is -3.45. The number of H-pyrrole nitrogens is 1. The van der Waals surface area contributed by atoms with Gasteiger partial charge in [0.05, 0.1) is 24.2 Å². The Labute approximate surface area is 185 Å². The highest BCUT2D eigenvalue weighted by Gasteiger charge is 2.26. The second-order valence-electron chi connectivity index (χ2n) is 7.04. The second kappa shape index (κ2) is 9.57. The number of nitrogens with zero attached hydrogens (tertiary/aromatic N) is 2. The number of methoxy groups -OCH3 is 1. The summed E-state index contributed by atoms with van der Waals surface area (Å²) in [6, 6.07) is 10.3. The van der Waals surface area contributed by atoms with Crippen LogP contribution in [0.3, 0.4) is 0 Å². The van der Waals surface area contributed by atoms with Gasteiger partial charge in [0.1, 0.15) is 5.69 Å². The van der Waals surface area contributed by atoms with Crippen molar-refractivity contribution in [3.8, 4) is 0 Å². The van der Waals surface area contributed by atoms with Gasteiger partial charge in [-0.2, -0.15) is 0 Å². The van der Waals surface area contributed by atoms with E-state index in [0.717, 1.165) is 5.56 Å². The van der Waals surface area contributed by atoms with Crippen LogP contribution < -0.4 is 0 Å². The van der Waals surface area contributed by atoms with Gasteiger partial charge >= 0.3 is 5.97 Å². The molecule has 2 aromatic heterocycles. The minimum atomic E-state index is -0.556. The molecule has 0 radical (unpaired) electrons. The Morgan fingerprint density at radius 3 is 2.52 bits per heavy atom. The second-order valence-corrected chi connectivity index (χ2v) is 7.45. The number of esters is 1. The molecule has 0 spiro atoms. The van der Waals surface area contributed by atoms with Crippen molar-refractivity contribution in [2.24, 2.45) is 0 Å². The summed E-state index contributed by atoms with van der Waals surface area (Å²) in [5.41, 5.74) is 2.69. The van der Waals surface area contributed by atoms with Gasteiger partial charge in [0, 0.05) is 30.2 Å². The van der Waals surface area contributed by atoms with Crippen LogP contribution in [0.2, 0.25) is 5.02 Å². The lowest BCUT2D eigenvalue weighted by Gasteiger charge is -2.23. The zero-order chi connectivity index (χ0) is 22.5. The predicted molar refractivity (Wildman–Crippen MR) is 116 cm³/mol. The zero-order valence-electron chi connectivity index (χ0n) is 17.4. The maximum Gasteiger partial charge on any atom is 0.354 e. The molecule has 1 amide bonds. The molecule has 1 aromatic carbocycles. The van der Waals surface area contributed by atoms with Crippen LogP contribution in [0.4, 0.5) is 0 Å². The van der Waals surface area contributed by atoms with E-state index in [1.165, 1.54) is 12.0 Å². The molecule has 0 saturated heterocycles. The number of hydrogen-bond donors (Lipinski definition) is 1. The van der Waals surface area contributed by atoms with Gasteiger partial charge in [0.2, 0.25) is 0 Å². The van der Waals surface area contributed by atoms with Crippen LogP contribution in [0.15, 0.2) is 48.8 Å². The van der Waals surface area contributed by atoms with Gasteiger partial charge in [-0.3, -0.25) is 14.6 Å². The number of aromatic amines is 1. The molecule has 31 heavy (non-hydrogen) atoms. The third kappa shape index (κ3) is 4.83. The number of aryl methyl sites for hydroxylation is 1. The van der Waals surface area contributed by atoms with E-state index in [9.17, 15) is 14.4 Å². The van der Waals surface area contributed by atoms with Crippen molar-refractivity contribution in [1.29, 1.82) is 0 Å². The number of Topliss-reactive ketones (excluding diaryl/α,β-unsaturated/α-hetero) is 1. The van der Waals surface area contributed by atoms with E-state index in [-0.39, 0.29) is 30.5 Å². The van der Waals surface area contributed by atoms with Gasteiger partial charge < -0.3 is 14.6 Å². The molecule has 3 aromatic rings. The van der Waals surface area contributed by atoms with Crippen LogP contribution in [0.1, 0.15) is 48.0 Å². The summed E-state index contributed by atoms with van der Waals surface area (Å²) >= 11 is 6.22. The Morgan fingerprint density at radius 2 is 1.87 bits per heavy atom. The lowest BCUT2D eigenvalue weighted by molar-refractivity contribution is 0.0593. The van der Waals surface area contributed by atoms with Crippen LogP contribution in [-0.2, 0) is 11.3 Å². The van der Waals surface area contributed by atoms with Crippen molar-refractivity contribution in [3.05, 3.63) is 87.5 Å². The minimum Gasteiger partial charge on any atom is -0.464 e. The summed E-state index contributed by atoms with van der Waals surface area (Å²) < 4.78 is 4.77. The fourth-order valence-electron chi connectivity index (χ4n) is 3.44. The van der Waals surface area contributed by atoms with Gasteiger partial charge in [-0.1, -0.05) is 29.8 Å². The van der Waals surface area contributed by atoms with E-state index in [0.29, 0.717) is 27.4 Å². The fourth-order valence-corrected chi connectivity index (χ4v) is 3.66. The van der Waals surface area contributed by atoms with Crippen molar-refractivity contribution >= 4 is 29.3 Å². The first-order chi connectivity index (χ1) is 14.8. The maximum absolute atomic E-state index is 13.3. The number of carbonyl (C=O) groups is 3. The fraction of sp³-hybridized carbons (Fsp3) is 0.217. The molecular weight excluding hydrogens is 418 g/mol. The zero-order valence-corrected chi connectivity index (χ0v) is 18.2. The molecule has 0 aliphatic carbocycles. The molecule has 8 heteroatoms. The highest BCUT2D eigenvalue weighted by Crippen LogP contribution is 2.22. The molecule has 0 atom stereocenters. The van der Waals surface area contributed by atoms with Crippen molar-refractivity contribution in [2.75, 3.05) is 13.7 Å². The van der Waals surface area contributed by atoms with Crippen molar-refractivity contribution < 1.29 is 19.1 Å². The van der Waals surface area contributed by atoms with E-state index in [4.69, 9.17) is 16.3 Å². The predicted octanol–water partition coefficient (Wildman–Crippen LogP) is 3.99. The largest absolute Gasteiger partial charge is 0.464 e. The molecule has 0 fully saturated rings. The minimum absolute atomic E-state index is 0.177. The van der Waals surface area contributed by atoms with Crippen molar-refractivity contribution in [1.82, 2.24) is 14.9 Å². The third-order valence-corrected chi connectivity index (χ3v) is 5.26. The normalized spacial score (nSPS) is 10.6. The number of carbonyl (C=O) groups excluding carboxylic acids is 3. The Balaban J connectivity index is 1.94. The molecule has 0 bridgehead atoms. The first-order valence-corrected chi connectivity index (χ1v) is 9.94. The van der Waals surface area contributed by atoms with E-state index >= 15 is 0 Å². The number of benzene rings is 1. The number of hydrogen-bond acceptors (Lipinski definition) is 5. The molecule has 1 N–H and O–H groups in total. The monoisotopic (exact) mass is 439 g/mol. The number of ketones is 1. The summed E-state index contributed by atoms with van der Waals surface area (Å²) in [7, 11) is 1.28. The summed E-state index contributed by atoms with van der Waals surface area (Å²) in [4.78, 5) is 46.8. The Kier molecular flexibility index (Phi) is 6.87. The highest BCUT2D eigenvalue weighted by atomic mass is 35.5. The Morgan fingerprint density at radius 1 is 1.13 bits per heavy atom. The number of aromatic nitrogens is 2. The molecule has 0 unspecified atom stereocenters. The summed E-state index contributed by atoms with van der Waals surface area (Å²) in [5.74, 6) is -1.23. The summed E-state index contributed by atoms with van der Waals surface area (Å²) in [5, 5.41) is 0.304. The van der Waals surface area contributed by atoms with Crippen molar-refractivity contribution in [3.63, 3.8) is 0 Å². The smallest absolute Gasteiger partial charge is 0.354 e. The first kappa shape index (κ1) is 22.2. The van der Waals surface area contributed by atoms with Crippen LogP contribution in [-0.4, -0.2) is 46.2 Å². The van der Waals surface area contributed by atoms with E-state index in [1.54, 1.807) is 56.6 Å². The van der Waals surface area contributed by atoms with Gasteiger partial charge in [-0.05, 0) is 43.2 Å². The Bertz CT molecular complexity index is 1130. The van der Waals surface area contributed by atoms with Gasteiger partial charge in [0.25, 0.3) is 5.91 Å². The van der Waals surface area contributed by atoms with Crippen LogP contribution in [0.25, 0.3) is 0 Å². The van der Waals surface area contributed by atoms with Gasteiger partial charge in [0.15, 0.2) is 5.78 Å². The lowest BCUT2D eigenvalue weighted by Crippen LogP contribution is -2.35. The standard InChI is InChI=1S/C23H22ClN3O4/c1-14-20(15(2)26-21(14)23(30)31-3)19(28)13-27(12-16-7-6-10-25-11-16)22(29)17-8-4-5-9-18(17)24/h4-11,26H,12-13H2,1-3H3. The summed E-state index contributed by atoms with van der Waals surface area (Å²) in [6.45, 7) is 3.35. The first-order valence-electron chi connectivity index (χ1n) is 9.56. The number of ether oxygens (including phenoxy) is 1. The van der Waals surface area contributed by atoms with Crippen molar-refractivity contribution in [2.45, 2.75) is 20.4 Å². The van der Waals surface area contributed by atoms with E-state index < -0.39 is 5.97 Å². The number of halogens is 1. The summed E-state index contributed by atoms with van der Waals surface area (Å²) in [6.07, 6.45) is 3.27.